The normalized spacial score (nSPS) is 12.2. The number of aromatic nitrogens is 4. The summed E-state index contributed by atoms with van der Waals surface area (Å²) in [4.78, 5) is 20.6. The van der Waals surface area contributed by atoms with Gasteiger partial charge >= 0.3 is 0 Å². The molecular weight excluding hydrogens is 324 g/mol. The van der Waals surface area contributed by atoms with Crippen molar-refractivity contribution in [3.05, 3.63) is 36.5 Å². The highest BCUT2D eigenvalue weighted by atomic mass is 32.2. The summed E-state index contributed by atoms with van der Waals surface area (Å²) in [5.74, 6) is 0.120. The van der Waals surface area contributed by atoms with Crippen LogP contribution in [0.15, 0.2) is 41.6 Å². The van der Waals surface area contributed by atoms with Crippen LogP contribution in [0.25, 0.3) is 16.7 Å². The van der Waals surface area contributed by atoms with Crippen LogP contribution in [0.4, 0.5) is 5.95 Å². The molecule has 0 aliphatic heterocycles. The van der Waals surface area contributed by atoms with Gasteiger partial charge in [-0.25, -0.2) is 9.67 Å². The molecule has 8 heteroatoms. The number of rotatable bonds is 5. The minimum atomic E-state index is -0.289. The highest BCUT2D eigenvalue weighted by Gasteiger charge is 2.19. The summed E-state index contributed by atoms with van der Waals surface area (Å²) >= 11 is 1.35. The van der Waals surface area contributed by atoms with Crippen LogP contribution in [0.3, 0.4) is 0 Å². The van der Waals surface area contributed by atoms with Crippen LogP contribution in [0, 0.1) is 0 Å². The van der Waals surface area contributed by atoms with Crippen molar-refractivity contribution in [2.75, 3.05) is 12.3 Å². The molecule has 1 atom stereocenters. The average molecular weight is 342 g/mol. The van der Waals surface area contributed by atoms with E-state index in [2.05, 4.69) is 20.4 Å². The molecule has 124 valence electrons. The summed E-state index contributed by atoms with van der Waals surface area (Å²) in [6, 6.07) is 9.68. The molecule has 0 aliphatic carbocycles. The van der Waals surface area contributed by atoms with E-state index in [0.717, 1.165) is 11.1 Å². The van der Waals surface area contributed by atoms with E-state index in [0.29, 0.717) is 17.2 Å². The lowest BCUT2D eigenvalue weighted by Crippen LogP contribution is -2.30. The zero-order valence-electron chi connectivity index (χ0n) is 13.4. The molecule has 3 aromatic rings. The molecule has 0 saturated heterocycles. The Hall–Kier alpha value is -2.61. The SMILES string of the molecule is CCNC(=O)C(C)Sc1nc(N)nc2c1cnn2-c1ccccc1. The predicted octanol–water partition coefficient (Wildman–Crippen LogP) is 2.01. The minimum absolute atomic E-state index is 0.0386. The first-order valence-corrected chi connectivity index (χ1v) is 8.49. The quantitative estimate of drug-likeness (QED) is 0.544. The number of hydrogen-bond donors (Lipinski definition) is 2. The van der Waals surface area contributed by atoms with Crippen LogP contribution in [-0.2, 0) is 4.79 Å². The Balaban J connectivity index is 2.01. The largest absolute Gasteiger partial charge is 0.368 e. The van der Waals surface area contributed by atoms with Crippen molar-refractivity contribution in [2.24, 2.45) is 0 Å². The molecule has 0 fully saturated rings. The van der Waals surface area contributed by atoms with Crippen molar-refractivity contribution in [1.29, 1.82) is 0 Å². The number of para-hydroxylation sites is 1. The van der Waals surface area contributed by atoms with E-state index in [1.807, 2.05) is 44.2 Å². The molecule has 3 rings (SSSR count). The second-order valence-corrected chi connectivity index (χ2v) is 6.50. The summed E-state index contributed by atoms with van der Waals surface area (Å²) in [7, 11) is 0. The number of thioether (sulfide) groups is 1. The third-order valence-electron chi connectivity index (χ3n) is 3.42. The van der Waals surface area contributed by atoms with E-state index in [1.165, 1.54) is 11.8 Å². The maximum atomic E-state index is 12.0. The number of hydrogen-bond acceptors (Lipinski definition) is 6. The van der Waals surface area contributed by atoms with Gasteiger partial charge in [0.15, 0.2) is 5.65 Å². The lowest BCUT2D eigenvalue weighted by atomic mass is 10.3. The summed E-state index contributed by atoms with van der Waals surface area (Å²) in [6.07, 6.45) is 1.70. The van der Waals surface area contributed by atoms with Gasteiger partial charge < -0.3 is 11.1 Å². The van der Waals surface area contributed by atoms with Gasteiger partial charge in [0, 0.05) is 6.54 Å². The zero-order chi connectivity index (χ0) is 17.1. The van der Waals surface area contributed by atoms with Crippen LogP contribution < -0.4 is 11.1 Å². The van der Waals surface area contributed by atoms with E-state index < -0.39 is 0 Å². The standard InChI is InChI=1S/C16H18N6OS/c1-3-18-14(23)10(2)24-15-12-9-19-22(11-7-5-4-6-8-11)13(12)20-16(17)21-15/h4-10H,3H2,1-2H3,(H,18,23)(H2,17,20,21). The molecule has 1 unspecified atom stereocenters. The van der Waals surface area contributed by atoms with Crippen LogP contribution in [0.1, 0.15) is 13.8 Å². The number of benzene rings is 1. The van der Waals surface area contributed by atoms with E-state index >= 15 is 0 Å². The molecule has 0 spiro atoms. The Morgan fingerprint density at radius 2 is 2.08 bits per heavy atom. The van der Waals surface area contributed by atoms with Gasteiger partial charge in [-0.15, -0.1) is 0 Å². The molecule has 2 aromatic heterocycles. The van der Waals surface area contributed by atoms with Gasteiger partial charge in [0.25, 0.3) is 0 Å². The van der Waals surface area contributed by atoms with Crippen molar-refractivity contribution >= 4 is 34.7 Å². The van der Waals surface area contributed by atoms with Crippen LogP contribution in [0.2, 0.25) is 0 Å². The minimum Gasteiger partial charge on any atom is -0.368 e. The maximum absolute atomic E-state index is 12.0. The summed E-state index contributed by atoms with van der Waals surface area (Å²) in [5, 5.41) is 8.34. The molecule has 24 heavy (non-hydrogen) atoms. The molecule has 1 amide bonds. The zero-order valence-corrected chi connectivity index (χ0v) is 14.2. The smallest absolute Gasteiger partial charge is 0.233 e. The Bertz CT molecular complexity index is 864. The van der Waals surface area contributed by atoms with E-state index in [-0.39, 0.29) is 17.1 Å². The number of nitrogens with one attached hydrogen (secondary N) is 1. The van der Waals surface area contributed by atoms with Gasteiger partial charge in [-0.1, -0.05) is 30.0 Å². The third-order valence-corrected chi connectivity index (χ3v) is 4.52. The summed E-state index contributed by atoms with van der Waals surface area (Å²) in [5.41, 5.74) is 7.38. The van der Waals surface area contributed by atoms with Crippen LogP contribution in [0.5, 0.6) is 0 Å². The fourth-order valence-electron chi connectivity index (χ4n) is 2.29. The number of nitrogens with two attached hydrogens (primary N) is 1. The fourth-order valence-corrected chi connectivity index (χ4v) is 3.23. The second-order valence-electron chi connectivity index (χ2n) is 5.17. The van der Waals surface area contributed by atoms with E-state index in [9.17, 15) is 4.79 Å². The third kappa shape index (κ3) is 3.18. The van der Waals surface area contributed by atoms with E-state index in [4.69, 9.17) is 5.73 Å². The molecule has 0 bridgehead atoms. The Kier molecular flexibility index (Phi) is 4.66. The van der Waals surface area contributed by atoms with Gasteiger partial charge in [0.1, 0.15) is 5.03 Å². The molecule has 3 N–H and O–H groups in total. The van der Waals surface area contributed by atoms with Crippen molar-refractivity contribution in [3.8, 4) is 5.69 Å². The van der Waals surface area contributed by atoms with Gasteiger partial charge in [-0.3, -0.25) is 4.79 Å². The molecule has 1 aromatic carbocycles. The Morgan fingerprint density at radius 1 is 1.33 bits per heavy atom. The van der Waals surface area contributed by atoms with Crippen LogP contribution >= 0.6 is 11.8 Å². The van der Waals surface area contributed by atoms with Crippen LogP contribution in [-0.4, -0.2) is 37.5 Å². The molecule has 7 nitrogen and oxygen atoms in total. The maximum Gasteiger partial charge on any atom is 0.233 e. The van der Waals surface area contributed by atoms with Crippen molar-refractivity contribution in [1.82, 2.24) is 25.1 Å². The number of anilines is 1. The Morgan fingerprint density at radius 3 is 2.79 bits per heavy atom. The lowest BCUT2D eigenvalue weighted by molar-refractivity contribution is -0.120. The number of nitrogens with zero attached hydrogens (tertiary/aromatic N) is 4. The predicted molar refractivity (Wildman–Crippen MR) is 95.1 cm³/mol. The number of nitrogen functional groups attached to an aromatic ring is 1. The Labute approximate surface area is 143 Å². The number of carbonyl (C=O) groups is 1. The lowest BCUT2D eigenvalue weighted by Gasteiger charge is -2.11. The number of carbonyl (C=O) groups excluding carboxylic acids is 1. The van der Waals surface area contributed by atoms with E-state index in [1.54, 1.807) is 10.9 Å². The summed E-state index contributed by atoms with van der Waals surface area (Å²) in [6.45, 7) is 4.32. The molecule has 0 radical (unpaired) electrons. The van der Waals surface area contributed by atoms with Crippen molar-refractivity contribution < 1.29 is 4.79 Å². The first-order valence-electron chi connectivity index (χ1n) is 7.61. The molecule has 2 heterocycles. The molecule has 0 saturated carbocycles. The molecular formula is C16H18N6OS. The second kappa shape index (κ2) is 6.88. The average Bonchev–Trinajstić information content (AvgIpc) is 2.99. The molecule has 0 aliphatic rings. The monoisotopic (exact) mass is 342 g/mol. The van der Waals surface area contributed by atoms with Gasteiger partial charge in [0.05, 0.1) is 22.5 Å². The number of amides is 1. The first-order chi connectivity index (χ1) is 11.6. The van der Waals surface area contributed by atoms with Crippen molar-refractivity contribution in [2.45, 2.75) is 24.1 Å². The number of fused-ring (bicyclic) bond motifs is 1. The van der Waals surface area contributed by atoms with Gasteiger partial charge in [-0.2, -0.15) is 10.1 Å². The van der Waals surface area contributed by atoms with Crippen molar-refractivity contribution in [3.63, 3.8) is 0 Å². The van der Waals surface area contributed by atoms with Gasteiger partial charge in [0.2, 0.25) is 11.9 Å². The highest BCUT2D eigenvalue weighted by Crippen LogP contribution is 2.30. The highest BCUT2D eigenvalue weighted by molar-refractivity contribution is 8.00. The van der Waals surface area contributed by atoms with Gasteiger partial charge in [-0.05, 0) is 26.0 Å². The topological polar surface area (TPSA) is 98.7 Å². The first kappa shape index (κ1) is 16.3. The fraction of sp³-hybridized carbons (Fsp3) is 0.250. The summed E-state index contributed by atoms with van der Waals surface area (Å²) < 4.78 is 1.72.